The van der Waals surface area contributed by atoms with Crippen LogP contribution >= 0.6 is 11.6 Å². The summed E-state index contributed by atoms with van der Waals surface area (Å²) < 4.78 is 32.7. The van der Waals surface area contributed by atoms with Gasteiger partial charge in [-0.05, 0) is 56.2 Å². The van der Waals surface area contributed by atoms with E-state index in [1.165, 1.54) is 4.31 Å². The van der Waals surface area contributed by atoms with Crippen LogP contribution < -0.4 is 4.74 Å². The number of nitrogens with zero attached hydrogens (tertiary/aromatic N) is 2. The Labute approximate surface area is 183 Å². The smallest absolute Gasteiger partial charge is 0.243 e. The molecule has 0 atom stereocenters. The number of ether oxygens (including phenoxy) is 1. The molecule has 1 heterocycles. The van der Waals surface area contributed by atoms with Gasteiger partial charge in [0.2, 0.25) is 15.9 Å². The van der Waals surface area contributed by atoms with E-state index in [9.17, 15) is 13.2 Å². The lowest BCUT2D eigenvalue weighted by molar-refractivity contribution is -0.135. The van der Waals surface area contributed by atoms with Gasteiger partial charge in [0.25, 0.3) is 0 Å². The molecule has 0 aromatic heterocycles. The quantitative estimate of drug-likeness (QED) is 0.646. The SMILES string of the molecule is Cc1ccc(S(=O)(=O)N2CCC(C(=O)N(C)CCOc3ccc(Cl)cc3)CC2)cc1. The minimum atomic E-state index is -3.52. The van der Waals surface area contributed by atoms with Crippen LogP contribution in [0.15, 0.2) is 53.4 Å². The van der Waals surface area contributed by atoms with E-state index in [0.29, 0.717) is 54.8 Å². The van der Waals surface area contributed by atoms with Gasteiger partial charge in [0, 0.05) is 31.1 Å². The van der Waals surface area contributed by atoms with Crippen LogP contribution in [0.2, 0.25) is 5.02 Å². The first-order valence-corrected chi connectivity index (χ1v) is 11.8. The summed E-state index contributed by atoms with van der Waals surface area (Å²) in [5, 5.41) is 0.644. The summed E-state index contributed by atoms with van der Waals surface area (Å²) in [5.74, 6) is 0.562. The van der Waals surface area contributed by atoms with E-state index >= 15 is 0 Å². The highest BCUT2D eigenvalue weighted by Crippen LogP contribution is 2.25. The van der Waals surface area contributed by atoms with Crippen molar-refractivity contribution in [2.45, 2.75) is 24.7 Å². The molecule has 30 heavy (non-hydrogen) atoms. The number of aryl methyl sites for hydroxylation is 1. The zero-order valence-electron chi connectivity index (χ0n) is 17.3. The molecule has 0 unspecified atom stereocenters. The number of piperidine rings is 1. The molecule has 162 valence electrons. The van der Waals surface area contributed by atoms with Crippen molar-refractivity contribution in [1.29, 1.82) is 0 Å². The lowest BCUT2D eigenvalue weighted by Crippen LogP contribution is -2.44. The van der Waals surface area contributed by atoms with Crippen molar-refractivity contribution in [3.63, 3.8) is 0 Å². The number of carbonyl (C=O) groups excluding carboxylic acids is 1. The van der Waals surface area contributed by atoms with Crippen LogP contribution in [0, 0.1) is 12.8 Å². The maximum absolute atomic E-state index is 12.8. The zero-order chi connectivity index (χ0) is 21.7. The third-order valence-electron chi connectivity index (χ3n) is 5.35. The molecule has 0 radical (unpaired) electrons. The number of sulfonamides is 1. The highest BCUT2D eigenvalue weighted by Gasteiger charge is 2.33. The van der Waals surface area contributed by atoms with Crippen molar-refractivity contribution >= 4 is 27.5 Å². The lowest BCUT2D eigenvalue weighted by atomic mass is 9.97. The second-order valence-corrected chi connectivity index (χ2v) is 9.93. The molecule has 8 heteroatoms. The van der Waals surface area contributed by atoms with E-state index in [1.807, 2.05) is 6.92 Å². The lowest BCUT2D eigenvalue weighted by Gasteiger charge is -2.32. The van der Waals surface area contributed by atoms with E-state index in [4.69, 9.17) is 16.3 Å². The van der Waals surface area contributed by atoms with E-state index in [1.54, 1.807) is 60.5 Å². The Morgan fingerprint density at radius 3 is 2.30 bits per heavy atom. The normalized spacial score (nSPS) is 15.7. The maximum atomic E-state index is 12.8. The third kappa shape index (κ3) is 5.53. The van der Waals surface area contributed by atoms with E-state index < -0.39 is 10.0 Å². The van der Waals surface area contributed by atoms with Gasteiger partial charge in [-0.2, -0.15) is 4.31 Å². The average Bonchev–Trinajstić information content (AvgIpc) is 2.75. The first-order chi connectivity index (χ1) is 14.3. The Bertz CT molecular complexity index is 954. The number of hydrogen-bond donors (Lipinski definition) is 0. The molecule has 0 spiro atoms. The van der Waals surface area contributed by atoms with Gasteiger partial charge < -0.3 is 9.64 Å². The summed E-state index contributed by atoms with van der Waals surface area (Å²) in [5.41, 5.74) is 1.02. The van der Waals surface area contributed by atoms with Gasteiger partial charge in [0.1, 0.15) is 12.4 Å². The Hall–Kier alpha value is -2.09. The third-order valence-corrected chi connectivity index (χ3v) is 7.51. The van der Waals surface area contributed by atoms with Crippen LogP contribution in [0.1, 0.15) is 18.4 Å². The molecule has 2 aromatic carbocycles. The van der Waals surface area contributed by atoms with Gasteiger partial charge in [0.15, 0.2) is 0 Å². The van der Waals surface area contributed by atoms with Crippen molar-refractivity contribution in [3.8, 4) is 5.75 Å². The fourth-order valence-corrected chi connectivity index (χ4v) is 5.05. The van der Waals surface area contributed by atoms with Gasteiger partial charge in [-0.3, -0.25) is 4.79 Å². The summed E-state index contributed by atoms with van der Waals surface area (Å²) in [7, 11) is -1.76. The molecule has 1 saturated heterocycles. The van der Waals surface area contributed by atoms with Crippen molar-refractivity contribution in [2.24, 2.45) is 5.92 Å². The van der Waals surface area contributed by atoms with Crippen LogP contribution in [0.5, 0.6) is 5.75 Å². The van der Waals surface area contributed by atoms with Crippen LogP contribution in [0.4, 0.5) is 0 Å². The van der Waals surface area contributed by atoms with Crippen LogP contribution in [-0.2, 0) is 14.8 Å². The first kappa shape index (κ1) is 22.6. The largest absolute Gasteiger partial charge is 0.492 e. The average molecular weight is 451 g/mol. The summed E-state index contributed by atoms with van der Waals surface area (Å²) in [6, 6.07) is 13.9. The van der Waals surface area contributed by atoms with Gasteiger partial charge >= 0.3 is 0 Å². The molecule has 2 aromatic rings. The van der Waals surface area contributed by atoms with E-state index in [0.717, 1.165) is 5.56 Å². The molecule has 1 fully saturated rings. The van der Waals surface area contributed by atoms with Gasteiger partial charge in [-0.15, -0.1) is 0 Å². The van der Waals surface area contributed by atoms with E-state index in [-0.39, 0.29) is 11.8 Å². The highest BCUT2D eigenvalue weighted by molar-refractivity contribution is 7.89. The van der Waals surface area contributed by atoms with Crippen LogP contribution in [0.25, 0.3) is 0 Å². The minimum absolute atomic E-state index is 0.0297. The van der Waals surface area contributed by atoms with Crippen molar-refractivity contribution in [2.75, 3.05) is 33.3 Å². The second-order valence-electron chi connectivity index (χ2n) is 7.55. The number of rotatable bonds is 7. The Balaban J connectivity index is 1.48. The monoisotopic (exact) mass is 450 g/mol. The summed E-state index contributed by atoms with van der Waals surface area (Å²) in [4.78, 5) is 14.7. The Morgan fingerprint density at radius 1 is 1.10 bits per heavy atom. The molecule has 0 N–H and O–H groups in total. The molecule has 0 bridgehead atoms. The van der Waals surface area contributed by atoms with Crippen molar-refractivity contribution in [3.05, 3.63) is 59.1 Å². The standard InChI is InChI=1S/C22H27ClN2O4S/c1-17-3-9-21(10-4-17)30(27,28)25-13-11-18(12-14-25)22(26)24(2)15-16-29-20-7-5-19(23)6-8-20/h3-10,18H,11-16H2,1-2H3. The molecular weight excluding hydrogens is 424 g/mol. The van der Waals surface area contributed by atoms with E-state index in [2.05, 4.69) is 0 Å². The highest BCUT2D eigenvalue weighted by atomic mass is 35.5. The summed E-state index contributed by atoms with van der Waals surface area (Å²) >= 11 is 5.85. The fraction of sp³-hybridized carbons (Fsp3) is 0.409. The molecule has 0 aliphatic carbocycles. The number of hydrogen-bond acceptors (Lipinski definition) is 4. The second kappa shape index (κ2) is 9.81. The predicted octanol–water partition coefficient (Wildman–Crippen LogP) is 3.59. The van der Waals surface area contributed by atoms with Gasteiger partial charge in [-0.1, -0.05) is 29.3 Å². The molecule has 1 aliphatic rings. The predicted molar refractivity (Wildman–Crippen MR) is 117 cm³/mol. The number of carbonyl (C=O) groups is 1. The first-order valence-electron chi connectivity index (χ1n) is 9.97. The Morgan fingerprint density at radius 2 is 1.70 bits per heavy atom. The number of amides is 1. The number of halogens is 1. The van der Waals surface area contributed by atoms with Crippen molar-refractivity contribution in [1.82, 2.24) is 9.21 Å². The molecule has 6 nitrogen and oxygen atoms in total. The number of likely N-dealkylation sites (N-methyl/N-ethyl adjacent to an activating group) is 1. The van der Waals surface area contributed by atoms with Gasteiger partial charge in [-0.25, -0.2) is 8.42 Å². The Kier molecular flexibility index (Phi) is 7.39. The topological polar surface area (TPSA) is 66.9 Å². The van der Waals surface area contributed by atoms with Gasteiger partial charge in [0.05, 0.1) is 11.4 Å². The van der Waals surface area contributed by atoms with Crippen LogP contribution in [0.3, 0.4) is 0 Å². The maximum Gasteiger partial charge on any atom is 0.243 e. The minimum Gasteiger partial charge on any atom is -0.492 e. The molecule has 1 aliphatic heterocycles. The molecule has 1 amide bonds. The fourth-order valence-electron chi connectivity index (χ4n) is 3.46. The molecule has 0 saturated carbocycles. The number of benzene rings is 2. The van der Waals surface area contributed by atoms with Crippen molar-refractivity contribution < 1.29 is 17.9 Å². The molecule has 3 rings (SSSR count). The van der Waals surface area contributed by atoms with Crippen LogP contribution in [-0.4, -0.2) is 56.8 Å². The summed E-state index contributed by atoms with van der Waals surface area (Å²) in [6.45, 7) is 3.46. The molecular formula is C22H27ClN2O4S. The summed E-state index contributed by atoms with van der Waals surface area (Å²) in [6.07, 6.45) is 1.04. The zero-order valence-corrected chi connectivity index (χ0v) is 18.8.